The summed E-state index contributed by atoms with van der Waals surface area (Å²) in [7, 11) is 0. The van der Waals surface area contributed by atoms with E-state index in [1.54, 1.807) is 18.4 Å². The molecule has 0 amide bonds. The van der Waals surface area contributed by atoms with E-state index in [1.165, 1.54) is 17.8 Å². The minimum atomic E-state index is -4.44. The molecule has 0 saturated carbocycles. The minimum Gasteiger partial charge on any atom is -0.480 e. The van der Waals surface area contributed by atoms with Crippen molar-refractivity contribution in [3.8, 4) is 0 Å². The number of aliphatic carboxylic acids is 1. The Bertz CT molecular complexity index is 1090. The second kappa shape index (κ2) is 7.44. The van der Waals surface area contributed by atoms with Crippen molar-refractivity contribution in [3.63, 3.8) is 0 Å². The Balaban J connectivity index is 1.90. The van der Waals surface area contributed by atoms with Crippen molar-refractivity contribution in [2.24, 2.45) is 0 Å². The summed E-state index contributed by atoms with van der Waals surface area (Å²) in [5, 5.41) is 10.5. The number of carbonyl (C=O) groups is 1. The molecule has 0 spiro atoms. The third-order valence-electron chi connectivity index (χ3n) is 5.61. The summed E-state index contributed by atoms with van der Waals surface area (Å²) in [5.74, 6) is -0.904. The molecule has 0 aliphatic carbocycles. The number of hydrogen-bond acceptors (Lipinski definition) is 2. The van der Waals surface area contributed by atoms with E-state index in [9.17, 15) is 23.1 Å². The van der Waals surface area contributed by atoms with Crippen LogP contribution in [0.15, 0.2) is 47.4 Å². The smallest absolute Gasteiger partial charge is 0.416 e. The lowest BCUT2D eigenvalue weighted by atomic mass is 9.94. The van der Waals surface area contributed by atoms with Gasteiger partial charge in [0, 0.05) is 27.9 Å². The molecule has 1 unspecified atom stereocenters. The largest absolute Gasteiger partial charge is 0.480 e. The van der Waals surface area contributed by atoms with Gasteiger partial charge in [-0.25, -0.2) is 4.79 Å². The van der Waals surface area contributed by atoms with Gasteiger partial charge < -0.3 is 9.67 Å². The summed E-state index contributed by atoms with van der Waals surface area (Å²) < 4.78 is 43.0. The third-order valence-corrected chi connectivity index (χ3v) is 6.33. The number of fused-ring (bicyclic) bond motifs is 3. The van der Waals surface area contributed by atoms with Gasteiger partial charge in [-0.1, -0.05) is 24.3 Å². The molecular formula is C22H20F3NO2S. The molecule has 0 bridgehead atoms. The van der Waals surface area contributed by atoms with Gasteiger partial charge in [0.1, 0.15) is 6.04 Å². The predicted octanol–water partition coefficient (Wildman–Crippen LogP) is 5.93. The fourth-order valence-electron chi connectivity index (χ4n) is 4.33. The number of alkyl halides is 3. The Kier molecular flexibility index (Phi) is 5.11. The number of hydrogen-bond donors (Lipinski definition) is 1. The Hall–Kier alpha value is -2.41. The zero-order valence-electron chi connectivity index (χ0n) is 15.8. The van der Waals surface area contributed by atoms with Crippen molar-refractivity contribution in [3.05, 3.63) is 64.8 Å². The number of rotatable bonds is 4. The minimum absolute atomic E-state index is 0.124. The molecule has 4 rings (SSSR count). The fraction of sp³-hybridized carbons (Fsp3) is 0.318. The molecule has 0 saturated heterocycles. The zero-order chi connectivity index (χ0) is 20.8. The summed E-state index contributed by atoms with van der Waals surface area (Å²) in [6.07, 6.45) is -0.676. The highest BCUT2D eigenvalue weighted by Gasteiger charge is 2.35. The molecule has 152 valence electrons. The highest BCUT2D eigenvalue weighted by atomic mass is 32.2. The average molecular weight is 419 g/mol. The molecule has 1 aliphatic heterocycles. The van der Waals surface area contributed by atoms with Crippen LogP contribution in [0.25, 0.3) is 10.9 Å². The van der Waals surface area contributed by atoms with Crippen LogP contribution in [-0.4, -0.2) is 21.9 Å². The molecule has 2 aromatic carbocycles. The van der Waals surface area contributed by atoms with E-state index in [4.69, 9.17) is 0 Å². The van der Waals surface area contributed by atoms with E-state index < -0.39 is 23.8 Å². The van der Waals surface area contributed by atoms with Crippen LogP contribution in [0.1, 0.15) is 41.3 Å². The maximum Gasteiger partial charge on any atom is 0.416 e. The van der Waals surface area contributed by atoms with E-state index >= 15 is 0 Å². The predicted molar refractivity (Wildman–Crippen MR) is 108 cm³/mol. The number of nitrogens with zero attached hydrogens (tertiary/aromatic N) is 1. The van der Waals surface area contributed by atoms with Gasteiger partial charge in [0.05, 0.1) is 5.56 Å². The van der Waals surface area contributed by atoms with Crippen LogP contribution in [0.4, 0.5) is 13.2 Å². The fourth-order valence-corrected chi connectivity index (χ4v) is 4.77. The molecule has 2 heterocycles. The van der Waals surface area contributed by atoms with E-state index in [-0.39, 0.29) is 12.0 Å². The van der Waals surface area contributed by atoms with Gasteiger partial charge in [0.15, 0.2) is 0 Å². The van der Waals surface area contributed by atoms with Crippen molar-refractivity contribution >= 4 is 28.6 Å². The quantitative estimate of drug-likeness (QED) is 0.533. The second-order valence-electron chi connectivity index (χ2n) is 7.26. The maximum atomic E-state index is 13.7. The van der Waals surface area contributed by atoms with Crippen LogP contribution < -0.4 is 0 Å². The van der Waals surface area contributed by atoms with E-state index in [1.807, 2.05) is 28.8 Å². The van der Waals surface area contributed by atoms with Crippen LogP contribution in [0.2, 0.25) is 0 Å². The first kappa shape index (κ1) is 19.9. The van der Waals surface area contributed by atoms with Crippen LogP contribution in [-0.2, 0) is 23.8 Å². The Morgan fingerprint density at radius 3 is 2.69 bits per heavy atom. The second-order valence-corrected chi connectivity index (χ2v) is 8.14. The number of carboxylic acid groups (broad SMARTS) is 1. The van der Waals surface area contributed by atoms with Crippen LogP contribution in [0, 0.1) is 0 Å². The van der Waals surface area contributed by atoms with E-state index in [2.05, 4.69) is 0 Å². The highest BCUT2D eigenvalue weighted by Crippen LogP contribution is 2.40. The molecule has 0 fully saturated rings. The van der Waals surface area contributed by atoms with Crippen molar-refractivity contribution in [1.82, 2.24) is 4.57 Å². The van der Waals surface area contributed by atoms with E-state index in [0.29, 0.717) is 24.2 Å². The number of halogens is 3. The molecule has 1 aliphatic rings. The summed E-state index contributed by atoms with van der Waals surface area (Å²) in [4.78, 5) is 12.4. The van der Waals surface area contributed by atoms with Crippen molar-refractivity contribution < 1.29 is 23.1 Å². The number of aromatic nitrogens is 1. The first-order valence-electron chi connectivity index (χ1n) is 9.39. The molecule has 0 radical (unpaired) electrons. The van der Waals surface area contributed by atoms with Crippen LogP contribution in [0.3, 0.4) is 0 Å². The van der Waals surface area contributed by atoms with Crippen molar-refractivity contribution in [2.45, 2.75) is 42.8 Å². The first-order valence-corrected chi connectivity index (χ1v) is 10.6. The van der Waals surface area contributed by atoms with Crippen LogP contribution >= 0.6 is 11.8 Å². The monoisotopic (exact) mass is 419 g/mol. The molecular weight excluding hydrogens is 399 g/mol. The summed E-state index contributed by atoms with van der Waals surface area (Å²) >= 11 is 1.28. The van der Waals surface area contributed by atoms with Crippen molar-refractivity contribution in [2.75, 3.05) is 6.26 Å². The number of benzene rings is 2. The molecule has 1 N–H and O–H groups in total. The standard InChI is InChI=1S/C22H20F3NO2S/c1-29-14-10-9-13(17(12-14)22(23,24)25)11-16-15-5-2-3-6-18(15)26-19(16)7-4-8-20(26)21(27)28/h2-3,5-6,9-10,12,20H,4,7-8,11H2,1H3,(H,27,28). The van der Waals surface area contributed by atoms with E-state index in [0.717, 1.165) is 22.2 Å². The number of para-hydroxylation sites is 1. The lowest BCUT2D eigenvalue weighted by Gasteiger charge is -2.24. The molecule has 1 aromatic heterocycles. The third kappa shape index (κ3) is 3.52. The average Bonchev–Trinajstić information content (AvgIpc) is 3.01. The molecule has 3 nitrogen and oxygen atoms in total. The van der Waals surface area contributed by atoms with Gasteiger partial charge in [0.2, 0.25) is 0 Å². The Morgan fingerprint density at radius 1 is 1.24 bits per heavy atom. The van der Waals surface area contributed by atoms with Crippen molar-refractivity contribution in [1.29, 1.82) is 0 Å². The molecule has 3 aromatic rings. The molecule has 1 atom stereocenters. The van der Waals surface area contributed by atoms with Gasteiger partial charge in [-0.15, -0.1) is 11.8 Å². The first-order chi connectivity index (χ1) is 13.8. The summed E-state index contributed by atoms with van der Waals surface area (Å²) in [6, 6.07) is 11.2. The maximum absolute atomic E-state index is 13.7. The van der Waals surface area contributed by atoms with Crippen LogP contribution in [0.5, 0.6) is 0 Å². The van der Waals surface area contributed by atoms with Gasteiger partial charge in [-0.3, -0.25) is 0 Å². The lowest BCUT2D eigenvalue weighted by molar-refractivity contribution is -0.141. The Labute approximate surface area is 170 Å². The highest BCUT2D eigenvalue weighted by molar-refractivity contribution is 7.98. The van der Waals surface area contributed by atoms with Gasteiger partial charge >= 0.3 is 12.1 Å². The summed E-state index contributed by atoms with van der Waals surface area (Å²) in [5.41, 5.74) is 2.01. The van der Waals surface area contributed by atoms with Gasteiger partial charge in [0.25, 0.3) is 0 Å². The number of carboxylic acids is 1. The van der Waals surface area contributed by atoms with Gasteiger partial charge in [-0.2, -0.15) is 13.2 Å². The summed E-state index contributed by atoms with van der Waals surface area (Å²) in [6.45, 7) is 0. The topological polar surface area (TPSA) is 42.2 Å². The zero-order valence-corrected chi connectivity index (χ0v) is 16.6. The molecule has 29 heavy (non-hydrogen) atoms. The normalized spacial score (nSPS) is 16.8. The molecule has 7 heteroatoms. The number of thioether (sulfide) groups is 1. The Morgan fingerprint density at radius 2 is 2.00 bits per heavy atom. The van der Waals surface area contributed by atoms with Gasteiger partial charge in [-0.05, 0) is 54.8 Å². The lowest BCUT2D eigenvalue weighted by Crippen LogP contribution is -2.25. The SMILES string of the molecule is CSc1ccc(Cc2c3n(c4ccccc24)C(C(=O)O)CCC3)c(C(F)(F)F)c1.